The molecule has 0 aliphatic heterocycles. The highest BCUT2D eigenvalue weighted by Gasteiger charge is 2.26. The Hall–Kier alpha value is -3.83. The zero-order valence-corrected chi connectivity index (χ0v) is 27.0. The van der Waals surface area contributed by atoms with Crippen molar-refractivity contribution in [1.82, 2.24) is 9.55 Å². The van der Waals surface area contributed by atoms with Crippen LogP contribution < -0.4 is 19.1 Å². The molecule has 0 atom stereocenters. The van der Waals surface area contributed by atoms with Crippen LogP contribution in [0.25, 0.3) is 5.69 Å². The van der Waals surface area contributed by atoms with E-state index >= 15 is 8.78 Å². The predicted octanol–water partition coefficient (Wildman–Crippen LogP) is 8.34. The minimum Gasteiger partial charge on any atom is -0.493 e. The first-order chi connectivity index (χ1) is 20.7. The Morgan fingerprint density at radius 3 is 2.09 bits per heavy atom. The van der Waals surface area contributed by atoms with Gasteiger partial charge in [0.05, 0.1) is 32.6 Å². The summed E-state index contributed by atoms with van der Waals surface area (Å²) in [5.41, 5.74) is 0.0887. The molecule has 1 aromatic heterocycles. The van der Waals surface area contributed by atoms with E-state index < -0.39 is 23.1 Å². The summed E-state index contributed by atoms with van der Waals surface area (Å²) in [6, 6.07) is 13.8. The third-order valence-electron chi connectivity index (χ3n) is 6.60. The second-order valence-corrected chi connectivity index (χ2v) is 12.7. The standard InChI is InChI=1S/C33H38F3N3O4S/c1-32(2,3)42-20-33(4,5)43-24-16-26(35)25(27(36)17-24)19-44-31-37-18-30(39(31)22-11-9-21(34)10-12-22)38(6)23-13-14-28(40-7)29(15-23)41-8/h9-18H,19-20H2,1-8H3. The number of imidazole rings is 1. The first kappa shape index (κ1) is 33.1. The van der Waals surface area contributed by atoms with Crippen LogP contribution in [0.2, 0.25) is 0 Å². The minimum atomic E-state index is -0.807. The molecule has 3 aromatic carbocycles. The van der Waals surface area contributed by atoms with Crippen molar-refractivity contribution in [2.24, 2.45) is 0 Å². The van der Waals surface area contributed by atoms with Gasteiger partial charge in [-0.15, -0.1) is 0 Å². The average Bonchev–Trinajstić information content (AvgIpc) is 3.38. The van der Waals surface area contributed by atoms with Crippen molar-refractivity contribution in [2.45, 2.75) is 56.7 Å². The van der Waals surface area contributed by atoms with E-state index in [4.69, 9.17) is 18.9 Å². The van der Waals surface area contributed by atoms with Crippen LogP contribution in [0, 0.1) is 17.5 Å². The number of halogens is 3. The molecule has 0 fully saturated rings. The van der Waals surface area contributed by atoms with Crippen LogP contribution in [0.5, 0.6) is 17.2 Å². The molecular weight excluding hydrogens is 591 g/mol. The Morgan fingerprint density at radius 2 is 1.50 bits per heavy atom. The summed E-state index contributed by atoms with van der Waals surface area (Å²) < 4.78 is 68.6. The molecule has 0 radical (unpaired) electrons. The van der Waals surface area contributed by atoms with E-state index in [1.807, 2.05) is 44.9 Å². The summed E-state index contributed by atoms with van der Waals surface area (Å²) in [7, 11) is 4.96. The molecule has 0 saturated carbocycles. The van der Waals surface area contributed by atoms with Gasteiger partial charge >= 0.3 is 0 Å². The highest BCUT2D eigenvalue weighted by molar-refractivity contribution is 7.98. The highest BCUT2D eigenvalue weighted by atomic mass is 32.2. The number of ether oxygens (including phenoxy) is 4. The number of anilines is 2. The number of aromatic nitrogens is 2. The quantitative estimate of drug-likeness (QED) is 0.146. The maximum absolute atomic E-state index is 15.3. The van der Waals surface area contributed by atoms with Crippen molar-refractivity contribution >= 4 is 23.3 Å². The zero-order valence-electron chi connectivity index (χ0n) is 26.2. The molecule has 0 aliphatic rings. The number of hydrogen-bond acceptors (Lipinski definition) is 7. The second kappa shape index (κ2) is 13.4. The van der Waals surface area contributed by atoms with Gasteiger partial charge in [-0.1, -0.05) is 11.8 Å². The van der Waals surface area contributed by atoms with E-state index in [2.05, 4.69) is 4.98 Å². The fraction of sp³-hybridized carbons (Fsp3) is 0.364. The van der Waals surface area contributed by atoms with E-state index in [0.717, 1.165) is 17.4 Å². The van der Waals surface area contributed by atoms with Crippen LogP contribution in [0.1, 0.15) is 40.2 Å². The molecule has 0 amide bonds. The Bertz CT molecular complexity index is 1560. The zero-order chi connectivity index (χ0) is 32.2. The number of thioether (sulfide) groups is 1. The predicted molar refractivity (Wildman–Crippen MR) is 167 cm³/mol. The fourth-order valence-electron chi connectivity index (χ4n) is 4.32. The van der Waals surface area contributed by atoms with Crippen molar-refractivity contribution in [1.29, 1.82) is 0 Å². The first-order valence-electron chi connectivity index (χ1n) is 13.9. The summed E-state index contributed by atoms with van der Waals surface area (Å²) in [5, 5.41) is 0.457. The van der Waals surface area contributed by atoms with Gasteiger partial charge in [0.15, 0.2) is 16.7 Å². The average molecular weight is 630 g/mol. The highest BCUT2D eigenvalue weighted by Crippen LogP contribution is 2.37. The Labute approximate surface area is 260 Å². The molecule has 7 nitrogen and oxygen atoms in total. The Morgan fingerprint density at radius 1 is 0.864 bits per heavy atom. The molecule has 44 heavy (non-hydrogen) atoms. The lowest BCUT2D eigenvalue weighted by molar-refractivity contribution is -0.0724. The molecule has 1 heterocycles. The van der Waals surface area contributed by atoms with E-state index in [9.17, 15) is 4.39 Å². The molecule has 0 aliphatic carbocycles. The number of hydrogen-bond donors (Lipinski definition) is 0. The number of rotatable bonds is 12. The lowest BCUT2D eigenvalue weighted by Crippen LogP contribution is -2.37. The largest absolute Gasteiger partial charge is 0.493 e. The van der Waals surface area contributed by atoms with Crippen LogP contribution in [0.4, 0.5) is 24.7 Å². The molecule has 0 spiro atoms. The third-order valence-corrected chi connectivity index (χ3v) is 7.58. The lowest BCUT2D eigenvalue weighted by atomic mass is 10.1. The van der Waals surface area contributed by atoms with Crippen LogP contribution in [-0.2, 0) is 10.5 Å². The van der Waals surface area contributed by atoms with Gasteiger partial charge < -0.3 is 23.8 Å². The number of methoxy groups -OCH3 is 2. The van der Waals surface area contributed by atoms with Crippen molar-refractivity contribution in [2.75, 3.05) is 32.8 Å². The Kier molecular flexibility index (Phi) is 10.1. The van der Waals surface area contributed by atoms with E-state index in [1.54, 1.807) is 57.0 Å². The number of benzene rings is 3. The molecule has 0 N–H and O–H groups in total. The van der Waals surface area contributed by atoms with Gasteiger partial charge in [0, 0.05) is 47.9 Å². The monoisotopic (exact) mass is 629 g/mol. The number of nitrogens with zero attached hydrogens (tertiary/aromatic N) is 3. The summed E-state index contributed by atoms with van der Waals surface area (Å²) in [4.78, 5) is 6.45. The summed E-state index contributed by atoms with van der Waals surface area (Å²) in [6.07, 6.45) is 1.65. The SMILES string of the molecule is COc1ccc(N(C)c2cnc(SCc3c(F)cc(OC(C)(C)COC(C)(C)C)cc3F)n2-c2ccc(F)cc2)cc1OC. The Balaban J connectivity index is 1.61. The molecule has 11 heteroatoms. The van der Waals surface area contributed by atoms with E-state index in [1.165, 1.54) is 24.3 Å². The van der Waals surface area contributed by atoms with Crippen molar-refractivity contribution in [3.63, 3.8) is 0 Å². The van der Waals surface area contributed by atoms with Gasteiger partial charge in [0.1, 0.15) is 34.6 Å². The van der Waals surface area contributed by atoms with Crippen LogP contribution in [0.15, 0.2) is 66.0 Å². The molecule has 4 rings (SSSR count). The van der Waals surface area contributed by atoms with Crippen molar-refractivity contribution in [3.05, 3.63) is 83.8 Å². The fourth-order valence-corrected chi connectivity index (χ4v) is 5.32. The van der Waals surface area contributed by atoms with Crippen LogP contribution >= 0.6 is 11.8 Å². The molecule has 4 aromatic rings. The first-order valence-corrected chi connectivity index (χ1v) is 14.9. The lowest BCUT2D eigenvalue weighted by Gasteiger charge is -2.30. The van der Waals surface area contributed by atoms with Crippen LogP contribution in [-0.4, -0.2) is 48.6 Å². The molecule has 0 saturated heterocycles. The van der Waals surface area contributed by atoms with Gasteiger partial charge in [-0.25, -0.2) is 18.2 Å². The van der Waals surface area contributed by atoms with Gasteiger partial charge in [0.2, 0.25) is 0 Å². The second-order valence-electron chi connectivity index (χ2n) is 11.7. The molecule has 0 bridgehead atoms. The van der Waals surface area contributed by atoms with Gasteiger partial charge in [0.25, 0.3) is 0 Å². The van der Waals surface area contributed by atoms with Gasteiger partial charge in [-0.2, -0.15) is 0 Å². The maximum Gasteiger partial charge on any atom is 0.174 e. The van der Waals surface area contributed by atoms with Crippen molar-refractivity contribution in [3.8, 4) is 22.9 Å². The smallest absolute Gasteiger partial charge is 0.174 e. The normalized spacial score (nSPS) is 11.9. The molecule has 0 unspecified atom stereocenters. The van der Waals surface area contributed by atoms with Gasteiger partial charge in [-0.3, -0.25) is 4.57 Å². The summed E-state index contributed by atoms with van der Waals surface area (Å²) in [5.74, 6) is -0.0778. The van der Waals surface area contributed by atoms with Crippen LogP contribution in [0.3, 0.4) is 0 Å². The topological polar surface area (TPSA) is 58.0 Å². The van der Waals surface area contributed by atoms with E-state index in [0.29, 0.717) is 28.2 Å². The summed E-state index contributed by atoms with van der Waals surface area (Å²) in [6.45, 7) is 9.60. The summed E-state index contributed by atoms with van der Waals surface area (Å²) >= 11 is 1.15. The minimum absolute atomic E-state index is 0.0494. The molecular formula is C33H38F3N3O4S. The maximum atomic E-state index is 15.3. The van der Waals surface area contributed by atoms with Crippen molar-refractivity contribution < 1.29 is 32.1 Å². The van der Waals surface area contributed by atoms with E-state index in [-0.39, 0.29) is 29.3 Å². The van der Waals surface area contributed by atoms with Gasteiger partial charge in [-0.05, 0) is 71.0 Å². The third kappa shape index (κ3) is 8.00. The molecule has 236 valence electrons.